The molecule has 0 unspecified atom stereocenters. The molecule has 0 bridgehead atoms. The number of aryl methyl sites for hydroxylation is 1. The van der Waals surface area contributed by atoms with Crippen LogP contribution < -0.4 is 5.32 Å². The first-order valence-electron chi connectivity index (χ1n) is 4.45. The van der Waals surface area contributed by atoms with E-state index in [-0.39, 0.29) is 5.54 Å². The van der Waals surface area contributed by atoms with Crippen LogP contribution in [-0.2, 0) is 0 Å². The van der Waals surface area contributed by atoms with Crippen LogP contribution in [0.2, 0.25) is 0 Å². The van der Waals surface area contributed by atoms with Crippen molar-refractivity contribution in [3.05, 3.63) is 17.5 Å². The summed E-state index contributed by atoms with van der Waals surface area (Å²) in [6.45, 7) is 7.90. The van der Waals surface area contributed by atoms with Crippen molar-refractivity contribution >= 4 is 5.95 Å². The molecule has 0 amide bonds. The molecular weight excluding hydrogens is 176 g/mol. The average Bonchev–Trinajstić information content (AvgIpc) is 1.99. The number of nitrogens with one attached hydrogen (secondary N) is 1. The fraction of sp³-hybridized carbons (Fsp3) is 0.500. The quantitative estimate of drug-likeness (QED) is 0.734. The van der Waals surface area contributed by atoms with E-state index < -0.39 is 0 Å². The zero-order chi connectivity index (χ0) is 10.8. The van der Waals surface area contributed by atoms with Crippen LogP contribution in [0.4, 0.5) is 5.95 Å². The van der Waals surface area contributed by atoms with E-state index >= 15 is 0 Å². The van der Waals surface area contributed by atoms with Crippen LogP contribution >= 0.6 is 0 Å². The van der Waals surface area contributed by atoms with Crippen molar-refractivity contribution < 1.29 is 0 Å². The first-order chi connectivity index (χ1) is 6.40. The Balaban J connectivity index is 3.00. The van der Waals surface area contributed by atoms with Crippen molar-refractivity contribution in [3.63, 3.8) is 0 Å². The van der Waals surface area contributed by atoms with Crippen molar-refractivity contribution in [2.24, 2.45) is 0 Å². The van der Waals surface area contributed by atoms with Crippen molar-refractivity contribution in [1.82, 2.24) is 9.97 Å². The van der Waals surface area contributed by atoms with Gasteiger partial charge in [0, 0.05) is 11.2 Å². The molecule has 0 fully saturated rings. The van der Waals surface area contributed by atoms with E-state index in [2.05, 4.69) is 15.3 Å². The number of nitrogens with zero attached hydrogens (tertiary/aromatic N) is 3. The molecule has 0 atom stereocenters. The lowest BCUT2D eigenvalue weighted by Crippen LogP contribution is -2.27. The molecule has 0 spiro atoms. The van der Waals surface area contributed by atoms with Gasteiger partial charge in [-0.1, -0.05) is 0 Å². The highest BCUT2D eigenvalue weighted by Crippen LogP contribution is 2.10. The zero-order valence-corrected chi connectivity index (χ0v) is 8.92. The molecule has 1 heterocycles. The van der Waals surface area contributed by atoms with Gasteiger partial charge in [0.25, 0.3) is 0 Å². The highest BCUT2D eigenvalue weighted by atomic mass is 15.1. The van der Waals surface area contributed by atoms with Gasteiger partial charge in [0.2, 0.25) is 5.95 Å². The van der Waals surface area contributed by atoms with Gasteiger partial charge >= 0.3 is 0 Å². The third-order valence-corrected chi connectivity index (χ3v) is 1.46. The molecule has 0 aliphatic carbocycles. The Bertz CT molecular complexity index is 371. The molecule has 4 nitrogen and oxygen atoms in total. The third kappa shape index (κ3) is 3.02. The van der Waals surface area contributed by atoms with E-state index in [9.17, 15) is 0 Å². The molecule has 0 aliphatic rings. The Morgan fingerprint density at radius 2 is 2.00 bits per heavy atom. The third-order valence-electron chi connectivity index (χ3n) is 1.46. The lowest BCUT2D eigenvalue weighted by molar-refractivity contribution is 0.625. The van der Waals surface area contributed by atoms with E-state index in [1.54, 1.807) is 6.07 Å². The summed E-state index contributed by atoms with van der Waals surface area (Å²) in [6.07, 6.45) is 0. The van der Waals surface area contributed by atoms with E-state index in [1.165, 1.54) is 0 Å². The van der Waals surface area contributed by atoms with Crippen LogP contribution in [0.1, 0.15) is 32.2 Å². The second-order valence-electron chi connectivity index (χ2n) is 4.20. The number of nitriles is 1. The van der Waals surface area contributed by atoms with E-state index in [1.807, 2.05) is 33.8 Å². The van der Waals surface area contributed by atoms with E-state index in [0.29, 0.717) is 11.6 Å². The summed E-state index contributed by atoms with van der Waals surface area (Å²) < 4.78 is 0. The molecule has 14 heavy (non-hydrogen) atoms. The summed E-state index contributed by atoms with van der Waals surface area (Å²) >= 11 is 0. The SMILES string of the molecule is Cc1cc(C#N)nc(NC(C)(C)C)n1. The predicted molar refractivity (Wildman–Crippen MR) is 54.9 cm³/mol. The Morgan fingerprint density at radius 3 is 2.50 bits per heavy atom. The Hall–Kier alpha value is -1.63. The monoisotopic (exact) mass is 190 g/mol. The summed E-state index contributed by atoms with van der Waals surface area (Å²) in [5, 5.41) is 11.8. The summed E-state index contributed by atoms with van der Waals surface area (Å²) in [6, 6.07) is 3.66. The molecule has 1 aromatic rings. The van der Waals surface area contributed by atoms with Crippen LogP contribution in [-0.4, -0.2) is 15.5 Å². The second kappa shape index (κ2) is 3.62. The Morgan fingerprint density at radius 1 is 1.36 bits per heavy atom. The molecule has 1 rings (SSSR count). The maximum atomic E-state index is 8.72. The highest BCUT2D eigenvalue weighted by Gasteiger charge is 2.11. The fourth-order valence-electron chi connectivity index (χ4n) is 1.02. The summed E-state index contributed by atoms with van der Waals surface area (Å²) in [7, 11) is 0. The smallest absolute Gasteiger partial charge is 0.224 e. The molecule has 0 saturated heterocycles. The van der Waals surface area contributed by atoms with Gasteiger partial charge in [-0.3, -0.25) is 0 Å². The number of rotatable bonds is 1. The lowest BCUT2D eigenvalue weighted by Gasteiger charge is -2.20. The zero-order valence-electron chi connectivity index (χ0n) is 8.92. The van der Waals surface area contributed by atoms with E-state index in [4.69, 9.17) is 5.26 Å². The minimum Gasteiger partial charge on any atom is -0.350 e. The first-order valence-corrected chi connectivity index (χ1v) is 4.45. The van der Waals surface area contributed by atoms with Crippen LogP contribution in [0.3, 0.4) is 0 Å². The highest BCUT2D eigenvalue weighted by molar-refractivity contribution is 5.34. The average molecular weight is 190 g/mol. The molecular formula is C10H14N4. The number of hydrogen-bond donors (Lipinski definition) is 1. The molecule has 4 heteroatoms. The van der Waals surface area contributed by atoms with Crippen LogP contribution in [0.15, 0.2) is 6.07 Å². The first kappa shape index (κ1) is 10.5. The molecule has 1 N–H and O–H groups in total. The van der Waals surface area contributed by atoms with Gasteiger partial charge in [-0.2, -0.15) is 5.26 Å². The molecule has 0 saturated carbocycles. The molecule has 1 aromatic heterocycles. The topological polar surface area (TPSA) is 61.6 Å². The summed E-state index contributed by atoms with van der Waals surface area (Å²) in [5.74, 6) is 0.508. The van der Waals surface area contributed by atoms with Crippen LogP contribution in [0.25, 0.3) is 0 Å². The molecule has 0 radical (unpaired) electrons. The van der Waals surface area contributed by atoms with Crippen LogP contribution in [0.5, 0.6) is 0 Å². The predicted octanol–water partition coefficient (Wildman–Crippen LogP) is 1.87. The van der Waals surface area contributed by atoms with Crippen molar-refractivity contribution in [1.29, 1.82) is 5.26 Å². The molecule has 0 aromatic carbocycles. The molecule has 74 valence electrons. The largest absolute Gasteiger partial charge is 0.350 e. The van der Waals surface area contributed by atoms with Gasteiger partial charge < -0.3 is 5.32 Å². The van der Waals surface area contributed by atoms with Gasteiger partial charge in [-0.05, 0) is 33.8 Å². The maximum Gasteiger partial charge on any atom is 0.224 e. The summed E-state index contributed by atoms with van der Waals surface area (Å²) in [4.78, 5) is 8.25. The Kier molecular flexibility index (Phi) is 2.70. The second-order valence-corrected chi connectivity index (χ2v) is 4.20. The summed E-state index contributed by atoms with van der Waals surface area (Å²) in [5.41, 5.74) is 1.09. The van der Waals surface area contributed by atoms with Gasteiger partial charge in [-0.25, -0.2) is 9.97 Å². The Labute approximate surface area is 84.0 Å². The minimum atomic E-state index is -0.0967. The van der Waals surface area contributed by atoms with Crippen LogP contribution in [0, 0.1) is 18.3 Å². The molecule has 0 aliphatic heterocycles. The van der Waals surface area contributed by atoms with Gasteiger partial charge in [0.1, 0.15) is 11.8 Å². The normalized spacial score (nSPS) is 10.8. The number of aromatic nitrogens is 2. The maximum absolute atomic E-state index is 8.72. The number of anilines is 1. The van der Waals surface area contributed by atoms with Gasteiger partial charge in [0.05, 0.1) is 0 Å². The lowest BCUT2D eigenvalue weighted by atomic mass is 10.1. The number of hydrogen-bond acceptors (Lipinski definition) is 4. The van der Waals surface area contributed by atoms with E-state index in [0.717, 1.165) is 5.69 Å². The van der Waals surface area contributed by atoms with Crippen molar-refractivity contribution in [2.45, 2.75) is 33.2 Å². The van der Waals surface area contributed by atoms with Crippen molar-refractivity contribution in [3.8, 4) is 6.07 Å². The minimum absolute atomic E-state index is 0.0967. The van der Waals surface area contributed by atoms with Gasteiger partial charge in [0.15, 0.2) is 0 Å². The van der Waals surface area contributed by atoms with Crippen molar-refractivity contribution in [2.75, 3.05) is 5.32 Å². The standard InChI is InChI=1S/C10H14N4/c1-7-5-8(6-11)13-9(12-7)14-10(2,3)4/h5H,1-4H3,(H,12,13,14). The van der Waals surface area contributed by atoms with Gasteiger partial charge in [-0.15, -0.1) is 0 Å². The fourth-order valence-corrected chi connectivity index (χ4v) is 1.02.